The van der Waals surface area contributed by atoms with Gasteiger partial charge in [0.25, 0.3) is 0 Å². The van der Waals surface area contributed by atoms with Crippen LogP contribution in [0.5, 0.6) is 5.75 Å². The van der Waals surface area contributed by atoms with E-state index in [2.05, 4.69) is 32.7 Å². The molecule has 0 heterocycles. The molecule has 1 N–H and O–H groups in total. The van der Waals surface area contributed by atoms with Crippen LogP contribution in [0.4, 0.5) is 0 Å². The van der Waals surface area contributed by atoms with Crippen molar-refractivity contribution >= 4 is 0 Å². The molecule has 0 aliphatic rings. The molecule has 1 rings (SSSR count). The molecular formula is C15H25NO. The first-order valence-corrected chi connectivity index (χ1v) is 6.58. The summed E-state index contributed by atoms with van der Waals surface area (Å²) in [4.78, 5) is 2.35. The SMILES string of the molecule is CCC(C)CN(C)C(CC)c1ccccc1O. The van der Waals surface area contributed by atoms with E-state index in [4.69, 9.17) is 0 Å². The molecule has 2 heteroatoms. The Labute approximate surface area is 105 Å². The molecule has 0 amide bonds. The molecule has 1 aromatic carbocycles. The fraction of sp³-hybridized carbons (Fsp3) is 0.600. The first kappa shape index (κ1) is 14.0. The quantitative estimate of drug-likeness (QED) is 0.810. The normalized spacial score (nSPS) is 14.9. The third-order valence-electron chi connectivity index (χ3n) is 3.51. The van der Waals surface area contributed by atoms with Gasteiger partial charge in [0.15, 0.2) is 0 Å². The summed E-state index contributed by atoms with van der Waals surface area (Å²) >= 11 is 0. The molecule has 0 radical (unpaired) electrons. The van der Waals surface area contributed by atoms with Gasteiger partial charge < -0.3 is 5.11 Å². The number of nitrogens with zero attached hydrogens (tertiary/aromatic N) is 1. The van der Waals surface area contributed by atoms with Crippen molar-refractivity contribution in [3.8, 4) is 5.75 Å². The van der Waals surface area contributed by atoms with Gasteiger partial charge in [-0.2, -0.15) is 0 Å². The van der Waals surface area contributed by atoms with Crippen LogP contribution in [-0.4, -0.2) is 23.6 Å². The first-order chi connectivity index (χ1) is 8.10. The van der Waals surface area contributed by atoms with E-state index in [0.29, 0.717) is 17.7 Å². The van der Waals surface area contributed by atoms with Gasteiger partial charge in [0.2, 0.25) is 0 Å². The maximum atomic E-state index is 9.93. The largest absolute Gasteiger partial charge is 0.508 e. The molecule has 1 aromatic rings. The fourth-order valence-corrected chi connectivity index (χ4v) is 2.29. The van der Waals surface area contributed by atoms with Crippen LogP contribution in [0.15, 0.2) is 24.3 Å². The van der Waals surface area contributed by atoms with Crippen LogP contribution in [0, 0.1) is 5.92 Å². The number of phenolic OH excluding ortho intramolecular Hbond substituents is 1. The Hall–Kier alpha value is -1.02. The lowest BCUT2D eigenvalue weighted by Crippen LogP contribution is -2.28. The number of aromatic hydroxyl groups is 1. The van der Waals surface area contributed by atoms with Gasteiger partial charge in [0.1, 0.15) is 5.75 Å². The van der Waals surface area contributed by atoms with Gasteiger partial charge in [-0.3, -0.25) is 4.90 Å². The summed E-state index contributed by atoms with van der Waals surface area (Å²) in [6.07, 6.45) is 2.21. The van der Waals surface area contributed by atoms with Crippen molar-refractivity contribution in [2.75, 3.05) is 13.6 Å². The summed E-state index contributed by atoms with van der Waals surface area (Å²) < 4.78 is 0. The molecular weight excluding hydrogens is 210 g/mol. The second-order valence-electron chi connectivity index (χ2n) is 4.94. The van der Waals surface area contributed by atoms with E-state index >= 15 is 0 Å². The Morgan fingerprint density at radius 1 is 1.18 bits per heavy atom. The van der Waals surface area contributed by atoms with Crippen LogP contribution < -0.4 is 0 Å². The van der Waals surface area contributed by atoms with Gasteiger partial charge in [-0.05, 0) is 25.5 Å². The van der Waals surface area contributed by atoms with E-state index in [0.717, 1.165) is 18.5 Å². The van der Waals surface area contributed by atoms with E-state index in [-0.39, 0.29) is 0 Å². The second-order valence-corrected chi connectivity index (χ2v) is 4.94. The maximum Gasteiger partial charge on any atom is 0.120 e. The van der Waals surface area contributed by atoms with Gasteiger partial charge >= 0.3 is 0 Å². The highest BCUT2D eigenvalue weighted by Crippen LogP contribution is 2.30. The van der Waals surface area contributed by atoms with Crippen LogP contribution in [-0.2, 0) is 0 Å². The molecule has 96 valence electrons. The minimum atomic E-state index is 0.310. The van der Waals surface area contributed by atoms with Crippen LogP contribution >= 0.6 is 0 Å². The fourth-order valence-electron chi connectivity index (χ4n) is 2.29. The Kier molecular flexibility index (Phi) is 5.49. The Morgan fingerprint density at radius 3 is 2.35 bits per heavy atom. The average Bonchev–Trinajstić information content (AvgIpc) is 2.32. The molecule has 2 atom stereocenters. The molecule has 2 nitrogen and oxygen atoms in total. The van der Waals surface area contributed by atoms with Crippen LogP contribution in [0.3, 0.4) is 0 Å². The molecule has 0 spiro atoms. The van der Waals surface area contributed by atoms with Crippen molar-refractivity contribution in [2.45, 2.75) is 39.7 Å². The Bertz CT molecular complexity index is 337. The van der Waals surface area contributed by atoms with Gasteiger partial charge in [-0.15, -0.1) is 0 Å². The molecule has 0 fully saturated rings. The first-order valence-electron chi connectivity index (χ1n) is 6.58. The molecule has 0 aromatic heterocycles. The number of rotatable bonds is 6. The molecule has 0 aliphatic heterocycles. The zero-order valence-electron chi connectivity index (χ0n) is 11.5. The second kappa shape index (κ2) is 6.65. The predicted octanol–water partition coefficient (Wildman–Crippen LogP) is 3.82. The summed E-state index contributed by atoms with van der Waals surface area (Å²) in [5.41, 5.74) is 1.04. The van der Waals surface area contributed by atoms with Crippen molar-refractivity contribution in [1.82, 2.24) is 4.90 Å². The van der Waals surface area contributed by atoms with E-state index in [1.807, 2.05) is 18.2 Å². The standard InChI is InChI=1S/C15H25NO/c1-5-12(3)11-16(4)14(6-2)13-9-7-8-10-15(13)17/h7-10,12,14,17H,5-6,11H2,1-4H3. The van der Waals surface area contributed by atoms with E-state index in [1.54, 1.807) is 6.07 Å². The topological polar surface area (TPSA) is 23.5 Å². The smallest absolute Gasteiger partial charge is 0.120 e. The van der Waals surface area contributed by atoms with Gasteiger partial charge in [-0.25, -0.2) is 0 Å². The van der Waals surface area contributed by atoms with E-state index in [9.17, 15) is 5.11 Å². The third kappa shape index (κ3) is 3.74. The summed E-state index contributed by atoms with van der Waals surface area (Å²) in [7, 11) is 2.15. The van der Waals surface area contributed by atoms with Crippen molar-refractivity contribution in [2.24, 2.45) is 5.92 Å². The van der Waals surface area contributed by atoms with Crippen molar-refractivity contribution in [1.29, 1.82) is 0 Å². The average molecular weight is 235 g/mol. The van der Waals surface area contributed by atoms with Gasteiger partial charge in [-0.1, -0.05) is 45.4 Å². The van der Waals surface area contributed by atoms with Gasteiger partial charge in [0, 0.05) is 18.2 Å². The van der Waals surface area contributed by atoms with Crippen LogP contribution in [0.2, 0.25) is 0 Å². The zero-order chi connectivity index (χ0) is 12.8. The van der Waals surface area contributed by atoms with Crippen molar-refractivity contribution in [3.63, 3.8) is 0 Å². The lowest BCUT2D eigenvalue weighted by atomic mass is 10.00. The number of phenols is 1. The predicted molar refractivity (Wildman–Crippen MR) is 73.2 cm³/mol. The minimum Gasteiger partial charge on any atom is -0.508 e. The Balaban J connectivity index is 2.81. The molecule has 0 aliphatic carbocycles. The highest BCUT2D eigenvalue weighted by atomic mass is 16.3. The van der Waals surface area contributed by atoms with E-state index in [1.165, 1.54) is 6.42 Å². The number of hydrogen-bond acceptors (Lipinski definition) is 2. The number of para-hydroxylation sites is 1. The molecule has 17 heavy (non-hydrogen) atoms. The van der Waals surface area contributed by atoms with E-state index < -0.39 is 0 Å². The highest BCUT2D eigenvalue weighted by Gasteiger charge is 2.18. The maximum absolute atomic E-state index is 9.93. The summed E-state index contributed by atoms with van der Waals surface area (Å²) in [5.74, 6) is 1.11. The molecule has 0 saturated heterocycles. The molecule has 2 unspecified atom stereocenters. The van der Waals surface area contributed by atoms with Crippen molar-refractivity contribution < 1.29 is 5.11 Å². The van der Waals surface area contributed by atoms with Crippen LogP contribution in [0.25, 0.3) is 0 Å². The lowest BCUT2D eigenvalue weighted by Gasteiger charge is -2.30. The lowest BCUT2D eigenvalue weighted by molar-refractivity contribution is 0.202. The molecule has 0 bridgehead atoms. The summed E-state index contributed by atoms with van der Waals surface area (Å²) in [6, 6.07) is 7.98. The summed E-state index contributed by atoms with van der Waals surface area (Å²) in [6.45, 7) is 7.74. The Morgan fingerprint density at radius 2 is 1.82 bits per heavy atom. The minimum absolute atomic E-state index is 0.310. The zero-order valence-corrected chi connectivity index (χ0v) is 11.5. The van der Waals surface area contributed by atoms with Crippen molar-refractivity contribution in [3.05, 3.63) is 29.8 Å². The third-order valence-corrected chi connectivity index (χ3v) is 3.51. The number of hydrogen-bond donors (Lipinski definition) is 1. The molecule has 0 saturated carbocycles. The summed E-state index contributed by atoms with van der Waals surface area (Å²) in [5, 5.41) is 9.93. The number of benzene rings is 1. The van der Waals surface area contributed by atoms with Gasteiger partial charge in [0.05, 0.1) is 0 Å². The monoisotopic (exact) mass is 235 g/mol. The van der Waals surface area contributed by atoms with Crippen LogP contribution in [0.1, 0.15) is 45.2 Å². The highest BCUT2D eigenvalue weighted by molar-refractivity contribution is 5.34.